The molecule has 3 aromatic rings. The first-order valence-electron chi connectivity index (χ1n) is 10.3. The molecule has 1 aromatic carbocycles. The topological polar surface area (TPSA) is 66.3 Å². The third kappa shape index (κ3) is 3.49. The average molecular weight is 380 g/mol. The van der Waals surface area contributed by atoms with Gasteiger partial charge in [-0.2, -0.15) is 5.10 Å². The van der Waals surface area contributed by atoms with Gasteiger partial charge in [-0.1, -0.05) is 51.1 Å². The summed E-state index contributed by atoms with van der Waals surface area (Å²) in [5, 5.41) is 4.86. The Hall–Kier alpha value is -2.47. The third-order valence-electron chi connectivity index (χ3n) is 6.09. The van der Waals surface area contributed by atoms with Crippen molar-refractivity contribution in [1.29, 1.82) is 0 Å². The Morgan fingerprint density at radius 2 is 1.93 bits per heavy atom. The summed E-state index contributed by atoms with van der Waals surface area (Å²) in [6.45, 7) is 9.39. The molecule has 0 spiro atoms. The number of rotatable bonds is 6. The molecule has 1 saturated heterocycles. The maximum absolute atomic E-state index is 12.7. The number of H-pyrrole nitrogens is 1. The molecule has 1 fully saturated rings. The van der Waals surface area contributed by atoms with Gasteiger partial charge >= 0.3 is 0 Å². The Morgan fingerprint density at radius 3 is 2.64 bits per heavy atom. The Balaban J connectivity index is 1.63. The van der Waals surface area contributed by atoms with Crippen molar-refractivity contribution in [2.75, 3.05) is 13.1 Å². The molecule has 2 atom stereocenters. The predicted molar refractivity (Wildman–Crippen MR) is 111 cm³/mol. The van der Waals surface area contributed by atoms with Gasteiger partial charge in [0.1, 0.15) is 11.6 Å². The third-order valence-corrected chi connectivity index (χ3v) is 6.09. The molecular formula is C22H29N5O. The van der Waals surface area contributed by atoms with Gasteiger partial charge in [-0.25, -0.2) is 9.50 Å². The van der Waals surface area contributed by atoms with E-state index in [2.05, 4.69) is 59.9 Å². The Labute approximate surface area is 165 Å². The first kappa shape index (κ1) is 18.9. The number of fused-ring (bicyclic) bond motifs is 1. The van der Waals surface area contributed by atoms with E-state index in [9.17, 15) is 4.79 Å². The van der Waals surface area contributed by atoms with Gasteiger partial charge in [0.25, 0.3) is 5.56 Å². The van der Waals surface area contributed by atoms with Gasteiger partial charge < -0.3 is 4.98 Å². The van der Waals surface area contributed by atoms with Gasteiger partial charge in [-0.05, 0) is 24.3 Å². The van der Waals surface area contributed by atoms with Crippen LogP contribution in [-0.2, 0) is 6.54 Å². The summed E-state index contributed by atoms with van der Waals surface area (Å²) in [7, 11) is 0. The molecule has 1 N–H and O–H groups in total. The zero-order valence-electron chi connectivity index (χ0n) is 16.9. The number of aromatic nitrogens is 4. The second kappa shape index (κ2) is 7.87. The molecule has 0 amide bonds. The normalized spacial score (nSPS) is 20.4. The van der Waals surface area contributed by atoms with Crippen molar-refractivity contribution < 1.29 is 0 Å². The molecule has 3 heterocycles. The zero-order chi connectivity index (χ0) is 19.7. The highest BCUT2D eigenvalue weighted by Crippen LogP contribution is 2.31. The monoisotopic (exact) mass is 379 g/mol. The molecule has 6 heteroatoms. The van der Waals surface area contributed by atoms with Crippen LogP contribution in [0.15, 0.2) is 41.3 Å². The summed E-state index contributed by atoms with van der Waals surface area (Å²) >= 11 is 0. The van der Waals surface area contributed by atoms with Gasteiger partial charge in [0, 0.05) is 31.5 Å². The van der Waals surface area contributed by atoms with Crippen LogP contribution in [-0.4, -0.2) is 37.6 Å². The van der Waals surface area contributed by atoms with E-state index in [1.165, 1.54) is 5.56 Å². The van der Waals surface area contributed by atoms with E-state index in [0.29, 0.717) is 17.4 Å². The largest absolute Gasteiger partial charge is 0.307 e. The molecule has 28 heavy (non-hydrogen) atoms. The standard InChI is InChI=1S/C22H29N5O/c1-4-17(5-2)21-23-11-19-22(28)24-20(25-27(19)21)18-14-26(12-15(18)3)13-16-9-7-6-8-10-16/h6-11,15,17-18H,4-5,12-14H2,1-3H3,(H,24,25,28). The Bertz CT molecular complexity index is 989. The van der Waals surface area contributed by atoms with E-state index in [1.807, 2.05) is 6.07 Å². The number of nitrogens with one attached hydrogen (secondary N) is 1. The van der Waals surface area contributed by atoms with Crippen molar-refractivity contribution in [3.05, 3.63) is 64.1 Å². The molecule has 1 aliphatic rings. The number of aromatic amines is 1. The molecule has 0 radical (unpaired) electrons. The number of nitrogens with zero attached hydrogens (tertiary/aromatic N) is 4. The smallest absolute Gasteiger partial charge is 0.276 e. The van der Waals surface area contributed by atoms with E-state index >= 15 is 0 Å². The second-order valence-electron chi connectivity index (χ2n) is 8.03. The number of imidazole rings is 1. The summed E-state index contributed by atoms with van der Waals surface area (Å²) in [6.07, 6.45) is 3.64. The van der Waals surface area contributed by atoms with E-state index in [0.717, 1.165) is 44.1 Å². The summed E-state index contributed by atoms with van der Waals surface area (Å²) in [4.78, 5) is 22.7. The van der Waals surface area contributed by atoms with Gasteiger partial charge in [-0.3, -0.25) is 9.69 Å². The van der Waals surface area contributed by atoms with Gasteiger partial charge in [0.05, 0.1) is 6.20 Å². The highest BCUT2D eigenvalue weighted by Gasteiger charge is 2.33. The van der Waals surface area contributed by atoms with Crippen molar-refractivity contribution in [2.45, 2.75) is 52.0 Å². The fraction of sp³-hybridized carbons (Fsp3) is 0.500. The average Bonchev–Trinajstić information content (AvgIpc) is 3.28. The van der Waals surface area contributed by atoms with Gasteiger partial charge in [-0.15, -0.1) is 0 Å². The summed E-state index contributed by atoms with van der Waals surface area (Å²) in [6, 6.07) is 10.5. The van der Waals surface area contributed by atoms with Crippen molar-refractivity contribution in [2.24, 2.45) is 5.92 Å². The highest BCUT2D eigenvalue weighted by molar-refractivity contribution is 5.42. The lowest BCUT2D eigenvalue weighted by Gasteiger charge is -2.16. The fourth-order valence-corrected chi connectivity index (χ4v) is 4.43. The Morgan fingerprint density at radius 1 is 1.18 bits per heavy atom. The zero-order valence-corrected chi connectivity index (χ0v) is 16.9. The fourth-order valence-electron chi connectivity index (χ4n) is 4.43. The second-order valence-corrected chi connectivity index (χ2v) is 8.03. The van der Waals surface area contributed by atoms with Crippen molar-refractivity contribution in [3.8, 4) is 0 Å². The molecule has 0 bridgehead atoms. The maximum atomic E-state index is 12.7. The molecular weight excluding hydrogens is 350 g/mol. The minimum atomic E-state index is -0.0941. The summed E-state index contributed by atoms with van der Waals surface area (Å²) in [5.74, 6) is 2.66. The molecule has 6 nitrogen and oxygen atoms in total. The molecule has 148 valence electrons. The van der Waals surface area contributed by atoms with Crippen LogP contribution >= 0.6 is 0 Å². The highest BCUT2D eigenvalue weighted by atomic mass is 16.1. The lowest BCUT2D eigenvalue weighted by Crippen LogP contribution is -2.23. The van der Waals surface area contributed by atoms with Crippen LogP contribution in [0.2, 0.25) is 0 Å². The van der Waals surface area contributed by atoms with E-state index < -0.39 is 0 Å². The van der Waals surface area contributed by atoms with Crippen molar-refractivity contribution >= 4 is 5.52 Å². The molecule has 1 aliphatic heterocycles. The predicted octanol–water partition coefficient (Wildman–Crippen LogP) is 3.56. The Kier molecular flexibility index (Phi) is 5.31. The minimum absolute atomic E-state index is 0.0941. The van der Waals surface area contributed by atoms with Crippen LogP contribution in [0.5, 0.6) is 0 Å². The number of hydrogen-bond donors (Lipinski definition) is 1. The minimum Gasteiger partial charge on any atom is -0.307 e. The molecule has 0 aliphatic carbocycles. The summed E-state index contributed by atoms with van der Waals surface area (Å²) < 4.78 is 1.79. The molecule has 2 aromatic heterocycles. The maximum Gasteiger partial charge on any atom is 0.276 e. The quantitative estimate of drug-likeness (QED) is 0.711. The van der Waals surface area contributed by atoms with E-state index in [-0.39, 0.29) is 11.5 Å². The summed E-state index contributed by atoms with van der Waals surface area (Å²) in [5.41, 5.74) is 1.76. The van der Waals surface area contributed by atoms with Crippen molar-refractivity contribution in [3.63, 3.8) is 0 Å². The number of benzene rings is 1. The SMILES string of the molecule is CCC(CC)c1ncc2c(=O)[nH]c(C3CN(Cc4ccccc4)CC3C)nn12. The van der Waals surface area contributed by atoms with Gasteiger partial charge in [0.2, 0.25) is 0 Å². The van der Waals surface area contributed by atoms with Crippen LogP contribution in [0.3, 0.4) is 0 Å². The van der Waals surface area contributed by atoms with Crippen LogP contribution in [0, 0.1) is 5.92 Å². The first-order chi connectivity index (χ1) is 13.6. The lowest BCUT2D eigenvalue weighted by atomic mass is 9.97. The van der Waals surface area contributed by atoms with Gasteiger partial charge in [0.15, 0.2) is 5.52 Å². The number of likely N-dealkylation sites (tertiary alicyclic amines) is 1. The number of hydrogen-bond acceptors (Lipinski definition) is 4. The van der Waals surface area contributed by atoms with E-state index in [1.54, 1.807) is 10.7 Å². The van der Waals surface area contributed by atoms with Crippen molar-refractivity contribution in [1.82, 2.24) is 24.5 Å². The lowest BCUT2D eigenvalue weighted by molar-refractivity contribution is 0.318. The van der Waals surface area contributed by atoms with Crippen LogP contribution in [0.4, 0.5) is 0 Å². The van der Waals surface area contributed by atoms with E-state index in [4.69, 9.17) is 5.10 Å². The molecule has 2 unspecified atom stereocenters. The first-order valence-corrected chi connectivity index (χ1v) is 10.3. The van der Waals surface area contributed by atoms with Crippen LogP contribution < -0.4 is 5.56 Å². The molecule has 0 saturated carbocycles. The van der Waals surface area contributed by atoms with Crippen LogP contribution in [0.25, 0.3) is 5.52 Å². The van der Waals surface area contributed by atoms with Crippen LogP contribution in [0.1, 0.15) is 62.7 Å². The molecule has 4 rings (SSSR count).